The predicted octanol–water partition coefficient (Wildman–Crippen LogP) is 3.85. The van der Waals surface area contributed by atoms with Gasteiger partial charge in [0.2, 0.25) is 0 Å². The van der Waals surface area contributed by atoms with E-state index in [1.165, 1.54) is 12.1 Å². The molecule has 1 aromatic rings. The van der Waals surface area contributed by atoms with Crippen LogP contribution >= 0.6 is 0 Å². The molecule has 1 aromatic carbocycles. The Balaban J connectivity index is 1.10. The summed E-state index contributed by atoms with van der Waals surface area (Å²) in [6.45, 7) is 0. The van der Waals surface area contributed by atoms with E-state index in [-0.39, 0.29) is 36.1 Å². The van der Waals surface area contributed by atoms with Gasteiger partial charge in [-0.05, 0) is 87.0 Å². The zero-order valence-electron chi connectivity index (χ0n) is 17.3. The minimum Gasteiger partial charge on any atom is -0.490 e. The molecule has 2 unspecified atom stereocenters. The number of carbonyl (C=O) groups excluding carboxylic acids is 1. The van der Waals surface area contributed by atoms with Gasteiger partial charge in [0.05, 0.1) is 5.60 Å². The maximum Gasteiger partial charge on any atom is 0.318 e. The molecule has 2 N–H and O–H groups in total. The lowest BCUT2D eigenvalue weighted by Crippen LogP contribution is -2.64. The second kappa shape index (κ2) is 6.84. The highest BCUT2D eigenvalue weighted by Gasteiger charge is 2.55. The Hall–Kier alpha value is -1.82. The molecule has 2 heterocycles. The van der Waals surface area contributed by atoms with Crippen molar-refractivity contribution in [1.29, 1.82) is 0 Å². The van der Waals surface area contributed by atoms with E-state index in [4.69, 9.17) is 4.74 Å². The number of benzene rings is 1. The molecule has 6 bridgehead atoms. The highest BCUT2D eigenvalue weighted by molar-refractivity contribution is 5.76. The number of amides is 2. The maximum absolute atomic E-state index is 13.3. The SMILES string of the molecule is O=C(NC1C2CC3CC1CC(O)(C3)C2)N1[C@@H]2CC[C@H]1C[C@@H](Oc1ccc(F)cc1)C2. The van der Waals surface area contributed by atoms with Crippen molar-refractivity contribution in [3.05, 3.63) is 30.1 Å². The van der Waals surface area contributed by atoms with E-state index in [2.05, 4.69) is 10.2 Å². The number of halogens is 1. The summed E-state index contributed by atoms with van der Waals surface area (Å²) >= 11 is 0. The second-order valence-corrected chi connectivity index (χ2v) is 10.6. The van der Waals surface area contributed by atoms with E-state index in [0.717, 1.165) is 57.8 Å². The summed E-state index contributed by atoms with van der Waals surface area (Å²) in [5.74, 6) is 1.96. The quantitative estimate of drug-likeness (QED) is 0.790. The van der Waals surface area contributed by atoms with Crippen molar-refractivity contribution in [3.63, 3.8) is 0 Å². The van der Waals surface area contributed by atoms with Crippen LogP contribution in [0, 0.1) is 23.6 Å². The number of fused-ring (bicyclic) bond motifs is 2. The van der Waals surface area contributed by atoms with Gasteiger partial charge >= 0.3 is 6.03 Å². The summed E-state index contributed by atoms with van der Waals surface area (Å²) in [4.78, 5) is 15.4. The lowest BCUT2D eigenvalue weighted by atomic mass is 9.52. The van der Waals surface area contributed by atoms with Crippen molar-refractivity contribution in [3.8, 4) is 5.75 Å². The molecule has 5 atom stereocenters. The largest absolute Gasteiger partial charge is 0.490 e. The van der Waals surface area contributed by atoms with E-state index < -0.39 is 5.60 Å². The lowest BCUT2D eigenvalue weighted by molar-refractivity contribution is -0.137. The highest BCUT2D eigenvalue weighted by atomic mass is 19.1. The molecule has 0 radical (unpaired) electrons. The molecule has 0 spiro atoms. The molecular weight excluding hydrogens is 383 g/mol. The van der Waals surface area contributed by atoms with Crippen LogP contribution in [0.4, 0.5) is 9.18 Å². The van der Waals surface area contributed by atoms with Crippen LogP contribution in [0.15, 0.2) is 24.3 Å². The number of aliphatic hydroxyl groups is 1. The third-order valence-corrected chi connectivity index (χ3v) is 8.57. The zero-order valence-corrected chi connectivity index (χ0v) is 17.3. The number of ether oxygens (including phenoxy) is 1. The molecule has 4 saturated carbocycles. The molecule has 5 nitrogen and oxygen atoms in total. The molecule has 2 amide bonds. The predicted molar refractivity (Wildman–Crippen MR) is 110 cm³/mol. The van der Waals surface area contributed by atoms with E-state index in [1.807, 2.05) is 0 Å². The fourth-order valence-electron chi connectivity index (χ4n) is 7.69. The third kappa shape index (κ3) is 3.19. The van der Waals surface area contributed by atoms with Crippen molar-refractivity contribution in [2.75, 3.05) is 0 Å². The van der Waals surface area contributed by atoms with Crippen LogP contribution in [0.2, 0.25) is 0 Å². The minimum atomic E-state index is -0.465. The lowest BCUT2D eigenvalue weighted by Gasteiger charge is -2.58. The van der Waals surface area contributed by atoms with Gasteiger partial charge < -0.3 is 20.1 Å². The third-order valence-electron chi connectivity index (χ3n) is 8.57. The first-order valence-corrected chi connectivity index (χ1v) is 11.7. The van der Waals surface area contributed by atoms with Crippen LogP contribution in [-0.4, -0.2) is 45.9 Å². The Morgan fingerprint density at radius 2 is 1.67 bits per heavy atom. The van der Waals surface area contributed by atoms with Gasteiger partial charge in [-0.2, -0.15) is 0 Å². The molecule has 2 aliphatic heterocycles. The van der Waals surface area contributed by atoms with Crippen molar-refractivity contribution in [2.45, 2.75) is 87.6 Å². The fourth-order valence-corrected chi connectivity index (χ4v) is 7.69. The number of carbonyl (C=O) groups is 1. The molecule has 7 rings (SSSR count). The van der Waals surface area contributed by atoms with Crippen LogP contribution < -0.4 is 10.1 Å². The van der Waals surface area contributed by atoms with Gasteiger partial charge in [-0.15, -0.1) is 0 Å². The highest BCUT2D eigenvalue weighted by Crippen LogP contribution is 2.55. The Kier molecular flexibility index (Phi) is 4.31. The van der Waals surface area contributed by atoms with Gasteiger partial charge in [-0.3, -0.25) is 0 Å². The standard InChI is InChI=1S/C24H31FN2O3/c25-17-1-5-20(6-2-17)30-21-9-18-3-4-19(10-21)27(18)23(28)26-22-15-7-14-8-16(22)13-24(29,11-14)12-15/h1-2,5-6,14-16,18-19,21-22,29H,3-4,7-13H2,(H,26,28)/t14?,15?,16?,18-,19+,21+,22?,24?. The number of hydrogen-bond donors (Lipinski definition) is 2. The van der Waals surface area contributed by atoms with Gasteiger partial charge in [-0.1, -0.05) is 0 Å². The number of nitrogens with one attached hydrogen (secondary N) is 1. The summed E-state index contributed by atoms with van der Waals surface area (Å²) in [5.41, 5.74) is -0.465. The maximum atomic E-state index is 13.3. The molecule has 6 heteroatoms. The first-order chi connectivity index (χ1) is 14.5. The molecule has 6 fully saturated rings. The Bertz CT molecular complexity index is 800. The van der Waals surface area contributed by atoms with E-state index in [9.17, 15) is 14.3 Å². The number of hydrogen-bond acceptors (Lipinski definition) is 3. The van der Waals surface area contributed by atoms with Crippen LogP contribution in [0.5, 0.6) is 5.75 Å². The van der Waals surface area contributed by atoms with Gasteiger partial charge in [-0.25, -0.2) is 9.18 Å². The summed E-state index contributed by atoms with van der Waals surface area (Å²) in [6.07, 6.45) is 8.78. The second-order valence-electron chi connectivity index (χ2n) is 10.6. The number of rotatable bonds is 3. The molecule has 162 valence electrons. The summed E-state index contributed by atoms with van der Waals surface area (Å²) in [7, 11) is 0. The molecule has 0 aromatic heterocycles. The van der Waals surface area contributed by atoms with Crippen molar-refractivity contribution in [1.82, 2.24) is 10.2 Å². The molecular formula is C24H31FN2O3. The van der Waals surface area contributed by atoms with Crippen molar-refractivity contribution >= 4 is 6.03 Å². The number of nitrogens with zero attached hydrogens (tertiary/aromatic N) is 1. The molecule has 30 heavy (non-hydrogen) atoms. The Morgan fingerprint density at radius 3 is 2.27 bits per heavy atom. The topological polar surface area (TPSA) is 61.8 Å². The number of piperidine rings is 1. The van der Waals surface area contributed by atoms with Crippen molar-refractivity contribution < 1.29 is 19.0 Å². The van der Waals surface area contributed by atoms with E-state index in [1.54, 1.807) is 12.1 Å². The minimum absolute atomic E-state index is 0.0763. The van der Waals surface area contributed by atoms with E-state index in [0.29, 0.717) is 23.5 Å². The average Bonchev–Trinajstić information content (AvgIpc) is 2.96. The Labute approximate surface area is 177 Å². The van der Waals surface area contributed by atoms with Crippen LogP contribution in [-0.2, 0) is 0 Å². The zero-order chi connectivity index (χ0) is 20.5. The normalized spacial score (nSPS) is 43.7. The first-order valence-electron chi connectivity index (χ1n) is 11.7. The fraction of sp³-hybridized carbons (Fsp3) is 0.708. The summed E-state index contributed by atoms with van der Waals surface area (Å²) in [5, 5.41) is 14.2. The molecule has 2 saturated heterocycles. The van der Waals surface area contributed by atoms with Gasteiger partial charge in [0, 0.05) is 31.0 Å². The first kappa shape index (κ1) is 18.9. The summed E-state index contributed by atoms with van der Waals surface area (Å²) in [6, 6.07) is 6.95. The monoisotopic (exact) mass is 414 g/mol. The summed E-state index contributed by atoms with van der Waals surface area (Å²) < 4.78 is 19.2. The van der Waals surface area contributed by atoms with Gasteiger partial charge in [0.25, 0.3) is 0 Å². The van der Waals surface area contributed by atoms with Crippen LogP contribution in [0.3, 0.4) is 0 Å². The van der Waals surface area contributed by atoms with Gasteiger partial charge in [0.15, 0.2) is 0 Å². The molecule has 6 aliphatic rings. The van der Waals surface area contributed by atoms with Crippen LogP contribution in [0.1, 0.15) is 57.8 Å². The van der Waals surface area contributed by atoms with Gasteiger partial charge in [0.1, 0.15) is 17.7 Å². The van der Waals surface area contributed by atoms with Crippen molar-refractivity contribution in [2.24, 2.45) is 17.8 Å². The number of urea groups is 1. The average molecular weight is 415 g/mol. The Morgan fingerprint density at radius 1 is 1.03 bits per heavy atom. The smallest absolute Gasteiger partial charge is 0.318 e. The molecule has 4 aliphatic carbocycles. The van der Waals surface area contributed by atoms with Crippen LogP contribution in [0.25, 0.3) is 0 Å². The van der Waals surface area contributed by atoms with E-state index >= 15 is 0 Å².